The Kier molecular flexibility index (Phi) is 6.45. The molecule has 1 aromatic carbocycles. The van der Waals surface area contributed by atoms with Gasteiger partial charge in [0.25, 0.3) is 0 Å². The topological polar surface area (TPSA) is 76.8 Å². The number of hydrogen-bond donors (Lipinski definition) is 2. The summed E-state index contributed by atoms with van der Waals surface area (Å²) in [4.78, 5) is 14.8. The molecule has 7 heteroatoms. The second-order valence-corrected chi connectivity index (χ2v) is 7.16. The van der Waals surface area contributed by atoms with Crippen LogP contribution in [0.5, 0.6) is 5.75 Å². The van der Waals surface area contributed by atoms with Gasteiger partial charge in [-0.3, -0.25) is 9.69 Å². The molecule has 144 valence electrons. The molecule has 0 unspecified atom stereocenters. The van der Waals surface area contributed by atoms with E-state index >= 15 is 0 Å². The Bertz CT molecular complexity index is 582. The summed E-state index contributed by atoms with van der Waals surface area (Å²) in [6.45, 7) is 4.31. The zero-order valence-corrected chi connectivity index (χ0v) is 15.1. The summed E-state index contributed by atoms with van der Waals surface area (Å²) in [7, 11) is 0. The Balaban J connectivity index is 1.35. The average Bonchev–Trinajstić information content (AvgIpc) is 2.65. The fourth-order valence-corrected chi connectivity index (χ4v) is 3.42. The van der Waals surface area contributed by atoms with Gasteiger partial charge in [0.15, 0.2) is 0 Å². The van der Waals surface area contributed by atoms with E-state index in [1.165, 1.54) is 12.1 Å². The van der Waals surface area contributed by atoms with Crippen LogP contribution in [0.3, 0.4) is 0 Å². The number of nitrogens with zero attached hydrogens (tertiary/aromatic N) is 1. The van der Waals surface area contributed by atoms with Crippen molar-refractivity contribution in [1.82, 2.24) is 10.2 Å². The van der Waals surface area contributed by atoms with Crippen LogP contribution >= 0.6 is 0 Å². The molecular weight excluding hydrogens is 337 g/mol. The van der Waals surface area contributed by atoms with Crippen LogP contribution in [0.4, 0.5) is 4.39 Å². The molecular formula is C19H28FN3O3. The Hall–Kier alpha value is -1.70. The predicted molar refractivity (Wildman–Crippen MR) is 96.5 cm³/mol. The van der Waals surface area contributed by atoms with Crippen molar-refractivity contribution in [3.63, 3.8) is 0 Å². The minimum atomic E-state index is -0.779. The number of amides is 1. The molecule has 2 heterocycles. The van der Waals surface area contributed by atoms with E-state index in [9.17, 15) is 9.18 Å². The summed E-state index contributed by atoms with van der Waals surface area (Å²) in [5, 5.41) is 3.12. The molecule has 0 bridgehead atoms. The number of piperidine rings is 1. The lowest BCUT2D eigenvalue weighted by Gasteiger charge is -2.36. The molecule has 2 aliphatic rings. The van der Waals surface area contributed by atoms with Crippen molar-refractivity contribution in [3.05, 3.63) is 30.1 Å². The molecule has 3 rings (SSSR count). The van der Waals surface area contributed by atoms with E-state index in [0.29, 0.717) is 38.4 Å². The normalized spacial score (nSPS) is 21.3. The second kappa shape index (κ2) is 8.79. The number of hydrogen-bond acceptors (Lipinski definition) is 5. The van der Waals surface area contributed by atoms with Gasteiger partial charge in [0, 0.05) is 38.9 Å². The Morgan fingerprint density at radius 1 is 1.27 bits per heavy atom. The first-order valence-electron chi connectivity index (χ1n) is 9.33. The first-order chi connectivity index (χ1) is 12.5. The highest BCUT2D eigenvalue weighted by Crippen LogP contribution is 2.19. The van der Waals surface area contributed by atoms with E-state index in [0.717, 1.165) is 32.5 Å². The molecule has 2 fully saturated rings. The molecule has 2 aliphatic heterocycles. The first-order valence-corrected chi connectivity index (χ1v) is 9.33. The highest BCUT2D eigenvalue weighted by Gasteiger charge is 2.37. The number of likely N-dealkylation sites (tertiary alicyclic amines) is 1. The molecule has 0 aliphatic carbocycles. The summed E-state index contributed by atoms with van der Waals surface area (Å²) in [5.74, 6) is 0.374. The number of nitrogens with one attached hydrogen (secondary N) is 1. The van der Waals surface area contributed by atoms with Crippen LogP contribution in [0.15, 0.2) is 24.3 Å². The molecule has 6 nitrogen and oxygen atoms in total. The van der Waals surface area contributed by atoms with Crippen molar-refractivity contribution >= 4 is 5.91 Å². The number of nitrogens with two attached hydrogens (primary N) is 1. The number of rotatable bonds is 6. The Morgan fingerprint density at radius 3 is 2.58 bits per heavy atom. The molecule has 0 radical (unpaired) electrons. The SMILES string of the molecule is NC1(C(=O)NC2CCN(CCOc3ccc(F)cc3)CC2)CCOCC1. The van der Waals surface area contributed by atoms with Gasteiger partial charge in [0.2, 0.25) is 5.91 Å². The van der Waals surface area contributed by atoms with E-state index in [4.69, 9.17) is 15.2 Å². The summed E-state index contributed by atoms with van der Waals surface area (Å²) in [5.41, 5.74) is 5.46. The van der Waals surface area contributed by atoms with Gasteiger partial charge in [-0.25, -0.2) is 4.39 Å². The quantitative estimate of drug-likeness (QED) is 0.795. The first kappa shape index (κ1) is 19.1. The summed E-state index contributed by atoms with van der Waals surface area (Å²) >= 11 is 0. The van der Waals surface area contributed by atoms with Crippen molar-refractivity contribution in [2.45, 2.75) is 37.3 Å². The van der Waals surface area contributed by atoms with Crippen molar-refractivity contribution < 1.29 is 18.7 Å². The van der Waals surface area contributed by atoms with Crippen LogP contribution in [0, 0.1) is 5.82 Å². The smallest absolute Gasteiger partial charge is 0.240 e. The fraction of sp³-hybridized carbons (Fsp3) is 0.632. The summed E-state index contributed by atoms with van der Waals surface area (Å²) < 4.78 is 23.8. The van der Waals surface area contributed by atoms with E-state index in [2.05, 4.69) is 10.2 Å². The third-order valence-corrected chi connectivity index (χ3v) is 5.25. The van der Waals surface area contributed by atoms with E-state index in [1.54, 1.807) is 12.1 Å². The third-order valence-electron chi connectivity index (χ3n) is 5.25. The molecule has 0 saturated carbocycles. The molecule has 3 N–H and O–H groups in total. The van der Waals surface area contributed by atoms with Crippen LogP contribution < -0.4 is 15.8 Å². The highest BCUT2D eigenvalue weighted by molar-refractivity contribution is 5.86. The largest absolute Gasteiger partial charge is 0.492 e. The van der Waals surface area contributed by atoms with Gasteiger partial charge in [-0.05, 0) is 49.9 Å². The fourth-order valence-electron chi connectivity index (χ4n) is 3.42. The van der Waals surface area contributed by atoms with E-state index in [-0.39, 0.29) is 17.8 Å². The lowest BCUT2D eigenvalue weighted by molar-refractivity contribution is -0.130. The molecule has 0 aromatic heterocycles. The lowest BCUT2D eigenvalue weighted by Crippen LogP contribution is -2.59. The van der Waals surface area contributed by atoms with Crippen molar-refractivity contribution in [2.24, 2.45) is 5.73 Å². The Labute approximate surface area is 153 Å². The third kappa shape index (κ3) is 5.16. The van der Waals surface area contributed by atoms with Crippen molar-refractivity contribution in [1.29, 1.82) is 0 Å². The van der Waals surface area contributed by atoms with Crippen molar-refractivity contribution in [3.8, 4) is 5.75 Å². The number of halogens is 1. The Morgan fingerprint density at radius 2 is 1.92 bits per heavy atom. The summed E-state index contributed by atoms with van der Waals surface area (Å²) in [6, 6.07) is 6.24. The van der Waals surface area contributed by atoms with Crippen molar-refractivity contribution in [2.75, 3.05) is 39.5 Å². The number of carbonyl (C=O) groups excluding carboxylic acids is 1. The highest BCUT2D eigenvalue weighted by atomic mass is 19.1. The number of benzene rings is 1. The molecule has 1 aromatic rings. The predicted octanol–water partition coefficient (Wildman–Crippen LogP) is 1.29. The molecule has 26 heavy (non-hydrogen) atoms. The second-order valence-electron chi connectivity index (χ2n) is 7.16. The number of carbonyl (C=O) groups is 1. The summed E-state index contributed by atoms with van der Waals surface area (Å²) in [6.07, 6.45) is 2.99. The number of ether oxygens (including phenoxy) is 2. The van der Waals surface area contributed by atoms with Gasteiger partial charge in [0.05, 0.1) is 5.54 Å². The van der Waals surface area contributed by atoms with Gasteiger partial charge in [-0.2, -0.15) is 0 Å². The molecule has 0 atom stereocenters. The van der Waals surface area contributed by atoms with Crippen LogP contribution in [-0.2, 0) is 9.53 Å². The lowest BCUT2D eigenvalue weighted by atomic mass is 9.89. The van der Waals surface area contributed by atoms with Crippen LogP contribution in [0.2, 0.25) is 0 Å². The minimum absolute atomic E-state index is 0.0427. The maximum atomic E-state index is 12.9. The maximum Gasteiger partial charge on any atom is 0.240 e. The van der Waals surface area contributed by atoms with Gasteiger partial charge >= 0.3 is 0 Å². The van der Waals surface area contributed by atoms with Gasteiger partial charge < -0.3 is 20.5 Å². The standard InChI is InChI=1S/C19H28FN3O3/c20-15-1-3-17(4-2-15)26-14-11-23-9-5-16(6-10-23)22-18(24)19(21)7-12-25-13-8-19/h1-4,16H,5-14,21H2,(H,22,24). The minimum Gasteiger partial charge on any atom is -0.492 e. The average molecular weight is 365 g/mol. The van der Waals surface area contributed by atoms with Gasteiger partial charge in [-0.1, -0.05) is 0 Å². The molecule has 0 spiro atoms. The molecule has 1 amide bonds. The monoisotopic (exact) mass is 365 g/mol. The maximum absolute atomic E-state index is 12.9. The van der Waals surface area contributed by atoms with E-state index < -0.39 is 5.54 Å². The zero-order chi connectivity index (χ0) is 18.4. The van der Waals surface area contributed by atoms with Crippen LogP contribution in [0.1, 0.15) is 25.7 Å². The van der Waals surface area contributed by atoms with Crippen LogP contribution in [-0.4, -0.2) is 61.8 Å². The van der Waals surface area contributed by atoms with Gasteiger partial charge in [-0.15, -0.1) is 0 Å². The van der Waals surface area contributed by atoms with Gasteiger partial charge in [0.1, 0.15) is 18.2 Å². The zero-order valence-electron chi connectivity index (χ0n) is 15.1. The molecule has 2 saturated heterocycles. The van der Waals surface area contributed by atoms with Crippen LogP contribution in [0.25, 0.3) is 0 Å². The van der Waals surface area contributed by atoms with E-state index in [1.807, 2.05) is 0 Å².